The first-order chi connectivity index (χ1) is 7.64. The van der Waals surface area contributed by atoms with Crippen molar-refractivity contribution in [3.63, 3.8) is 0 Å². The molecule has 4 rings (SSSR count). The molecule has 1 aliphatic heterocycles. The molecule has 1 saturated heterocycles. The summed E-state index contributed by atoms with van der Waals surface area (Å²) in [6.45, 7) is 4.26. The third-order valence-corrected chi connectivity index (χ3v) is 6.02. The lowest BCUT2D eigenvalue weighted by atomic mass is 9.90. The molecule has 0 aromatic heterocycles. The summed E-state index contributed by atoms with van der Waals surface area (Å²) in [6, 6.07) is 0. The highest BCUT2D eigenvalue weighted by Crippen LogP contribution is 2.86. The van der Waals surface area contributed by atoms with Crippen molar-refractivity contribution in [2.45, 2.75) is 13.3 Å². The molecule has 2 saturated carbocycles. The van der Waals surface area contributed by atoms with Crippen LogP contribution < -0.4 is 0 Å². The fraction of sp³-hybridized carbons (Fsp3) is 0.769. The van der Waals surface area contributed by atoms with E-state index in [1.807, 2.05) is 4.90 Å². The quantitative estimate of drug-likeness (QED) is 0.582. The van der Waals surface area contributed by atoms with Gasteiger partial charge in [-0.2, -0.15) is 0 Å². The number of carbonyl (C=O) groups excluding carboxylic acids is 1. The van der Waals surface area contributed by atoms with Gasteiger partial charge in [0.05, 0.1) is 7.11 Å². The molecule has 1 spiro atoms. The van der Waals surface area contributed by atoms with Crippen LogP contribution in [0, 0.1) is 28.6 Å². The van der Waals surface area contributed by atoms with Gasteiger partial charge in [-0.3, -0.25) is 0 Å². The van der Waals surface area contributed by atoms with Crippen LogP contribution in [-0.2, 0) is 4.74 Å². The second-order valence-corrected chi connectivity index (χ2v) is 6.08. The number of amides is 1. The van der Waals surface area contributed by atoms with E-state index in [2.05, 4.69) is 19.1 Å². The molecule has 1 amide bonds. The molecule has 1 heterocycles. The highest BCUT2D eigenvalue weighted by molar-refractivity contribution is 5.68. The molecular formula is C13H17NO2. The van der Waals surface area contributed by atoms with Crippen LogP contribution in [0.1, 0.15) is 13.3 Å². The molecule has 3 heteroatoms. The van der Waals surface area contributed by atoms with Gasteiger partial charge in [-0.05, 0) is 29.6 Å². The van der Waals surface area contributed by atoms with Crippen LogP contribution in [0.25, 0.3) is 0 Å². The van der Waals surface area contributed by atoms with E-state index >= 15 is 0 Å². The number of rotatable bonds is 0. The number of hydrogen-bond donors (Lipinski definition) is 0. The number of carbonyl (C=O) groups is 1. The second kappa shape index (κ2) is 2.31. The predicted octanol–water partition coefficient (Wildman–Crippen LogP) is 1.90. The van der Waals surface area contributed by atoms with Gasteiger partial charge in [-0.15, -0.1) is 0 Å². The van der Waals surface area contributed by atoms with E-state index in [-0.39, 0.29) is 6.09 Å². The summed E-state index contributed by atoms with van der Waals surface area (Å²) < 4.78 is 4.84. The summed E-state index contributed by atoms with van der Waals surface area (Å²) in [6.07, 6.45) is 5.96. The average Bonchev–Trinajstić information content (AvgIpc) is 2.58. The maximum atomic E-state index is 11.6. The topological polar surface area (TPSA) is 29.5 Å². The van der Waals surface area contributed by atoms with Crippen LogP contribution in [0.4, 0.5) is 4.79 Å². The van der Waals surface area contributed by atoms with E-state index in [4.69, 9.17) is 4.74 Å². The van der Waals surface area contributed by atoms with Gasteiger partial charge < -0.3 is 9.64 Å². The molecule has 4 aliphatic rings. The minimum atomic E-state index is -0.141. The molecular weight excluding hydrogens is 202 g/mol. The Morgan fingerprint density at radius 2 is 2.31 bits per heavy atom. The van der Waals surface area contributed by atoms with Crippen LogP contribution in [0.15, 0.2) is 12.2 Å². The maximum Gasteiger partial charge on any atom is 0.409 e. The van der Waals surface area contributed by atoms with Crippen LogP contribution in [0.3, 0.4) is 0 Å². The highest BCUT2D eigenvalue weighted by Gasteiger charge is 2.84. The molecule has 86 valence electrons. The molecule has 0 aromatic rings. The molecule has 0 radical (unpaired) electrons. The van der Waals surface area contributed by atoms with E-state index < -0.39 is 0 Å². The monoisotopic (exact) mass is 219 g/mol. The first-order valence-corrected chi connectivity index (χ1v) is 6.16. The lowest BCUT2D eigenvalue weighted by Gasteiger charge is -2.19. The molecule has 0 aromatic carbocycles. The number of hydrogen-bond acceptors (Lipinski definition) is 2. The molecule has 16 heavy (non-hydrogen) atoms. The summed E-state index contributed by atoms with van der Waals surface area (Å²) in [4.78, 5) is 13.5. The molecule has 0 bridgehead atoms. The summed E-state index contributed by atoms with van der Waals surface area (Å²) in [5.41, 5.74) is 0.890. The van der Waals surface area contributed by atoms with Gasteiger partial charge in [0.15, 0.2) is 0 Å². The van der Waals surface area contributed by atoms with E-state index in [0.29, 0.717) is 16.7 Å². The van der Waals surface area contributed by atoms with Crippen LogP contribution in [0.2, 0.25) is 0 Å². The number of allylic oxidation sites excluding steroid dienone is 2. The Bertz CT molecular complexity index is 418. The Hall–Kier alpha value is -0.990. The van der Waals surface area contributed by atoms with Crippen molar-refractivity contribution in [1.82, 2.24) is 4.90 Å². The van der Waals surface area contributed by atoms with E-state index in [1.165, 1.54) is 13.5 Å². The summed E-state index contributed by atoms with van der Waals surface area (Å²) >= 11 is 0. The number of likely N-dealkylation sites (tertiary alicyclic amines) is 1. The fourth-order valence-electron chi connectivity index (χ4n) is 5.26. The average molecular weight is 219 g/mol. The second-order valence-electron chi connectivity index (χ2n) is 6.08. The molecule has 3 nitrogen and oxygen atoms in total. The first-order valence-electron chi connectivity index (χ1n) is 6.16. The predicted molar refractivity (Wildman–Crippen MR) is 58.7 cm³/mol. The molecule has 5 unspecified atom stereocenters. The van der Waals surface area contributed by atoms with Crippen molar-refractivity contribution in [3.8, 4) is 0 Å². The van der Waals surface area contributed by atoms with Crippen molar-refractivity contribution in [1.29, 1.82) is 0 Å². The van der Waals surface area contributed by atoms with E-state index in [0.717, 1.165) is 24.9 Å². The van der Waals surface area contributed by atoms with Gasteiger partial charge >= 0.3 is 6.09 Å². The fourth-order valence-corrected chi connectivity index (χ4v) is 5.26. The van der Waals surface area contributed by atoms with Gasteiger partial charge in [0, 0.05) is 18.5 Å². The van der Waals surface area contributed by atoms with Crippen LogP contribution >= 0.6 is 0 Å². The van der Waals surface area contributed by atoms with Crippen molar-refractivity contribution >= 4 is 6.09 Å². The number of nitrogens with zero attached hydrogens (tertiary/aromatic N) is 1. The highest BCUT2D eigenvalue weighted by atomic mass is 16.5. The minimum absolute atomic E-state index is 0.141. The van der Waals surface area contributed by atoms with Gasteiger partial charge in [-0.25, -0.2) is 4.79 Å². The van der Waals surface area contributed by atoms with Gasteiger partial charge in [-0.1, -0.05) is 19.1 Å². The molecule has 3 aliphatic carbocycles. The van der Waals surface area contributed by atoms with E-state index in [9.17, 15) is 4.79 Å². The Kier molecular flexibility index (Phi) is 1.31. The zero-order chi connectivity index (χ0) is 11.1. The summed E-state index contributed by atoms with van der Waals surface area (Å²) in [7, 11) is 1.48. The zero-order valence-electron chi connectivity index (χ0n) is 9.77. The van der Waals surface area contributed by atoms with Crippen molar-refractivity contribution < 1.29 is 9.53 Å². The largest absolute Gasteiger partial charge is 0.453 e. The molecule has 5 atom stereocenters. The molecule has 0 N–H and O–H groups in total. The Balaban J connectivity index is 1.69. The van der Waals surface area contributed by atoms with Crippen molar-refractivity contribution in [2.75, 3.05) is 20.2 Å². The third kappa shape index (κ3) is 0.643. The van der Waals surface area contributed by atoms with Gasteiger partial charge in [0.1, 0.15) is 0 Å². The van der Waals surface area contributed by atoms with E-state index in [1.54, 1.807) is 0 Å². The Labute approximate surface area is 95.4 Å². The van der Waals surface area contributed by atoms with Crippen molar-refractivity contribution in [3.05, 3.63) is 12.2 Å². The summed E-state index contributed by atoms with van der Waals surface area (Å²) in [5, 5.41) is 0. The maximum absolute atomic E-state index is 11.6. The Morgan fingerprint density at radius 1 is 1.50 bits per heavy atom. The SMILES string of the molecule is COC(=O)N1CC2CC3C=CC4C3(C)C24C1. The Morgan fingerprint density at radius 3 is 3.00 bits per heavy atom. The molecule has 3 fully saturated rings. The first kappa shape index (κ1) is 9.08. The van der Waals surface area contributed by atoms with Crippen LogP contribution in [-0.4, -0.2) is 31.2 Å². The lowest BCUT2D eigenvalue weighted by molar-refractivity contribution is 0.128. The zero-order valence-corrected chi connectivity index (χ0v) is 9.77. The number of ether oxygens (including phenoxy) is 1. The third-order valence-electron chi connectivity index (χ3n) is 6.02. The lowest BCUT2D eigenvalue weighted by Crippen LogP contribution is -2.30. The smallest absolute Gasteiger partial charge is 0.409 e. The van der Waals surface area contributed by atoms with Gasteiger partial charge in [0.25, 0.3) is 0 Å². The van der Waals surface area contributed by atoms with Crippen LogP contribution in [0.5, 0.6) is 0 Å². The van der Waals surface area contributed by atoms with Crippen molar-refractivity contribution in [2.24, 2.45) is 28.6 Å². The van der Waals surface area contributed by atoms with Gasteiger partial charge in [0.2, 0.25) is 0 Å². The number of methoxy groups -OCH3 is 1. The summed E-state index contributed by atoms with van der Waals surface area (Å²) in [5.74, 6) is 2.22. The standard InChI is InChI=1S/C13H17NO2/c1-12-8-3-4-10(12)13(12)7-14(11(15)16-2)6-9(13)5-8/h3-4,8-10H,5-7H2,1-2H3. The minimum Gasteiger partial charge on any atom is -0.453 e. The normalized spacial score (nSPS) is 55.1.